The summed E-state index contributed by atoms with van der Waals surface area (Å²) in [5.41, 5.74) is 1.56. The molecule has 0 amide bonds. The molecule has 0 fully saturated rings. The topological polar surface area (TPSA) is 118 Å². The van der Waals surface area contributed by atoms with Crippen LogP contribution in [0.25, 0.3) is 22.2 Å². The molecule has 3 aromatic rings. The number of H-pyrrole nitrogens is 1. The Morgan fingerprint density at radius 1 is 1.24 bits per heavy atom. The maximum absolute atomic E-state index is 14.5. The van der Waals surface area contributed by atoms with E-state index in [-0.39, 0.29) is 11.1 Å². The highest BCUT2D eigenvalue weighted by atomic mass is 32.2. The molecule has 1 aromatic carbocycles. The predicted molar refractivity (Wildman–Crippen MR) is 92.4 cm³/mol. The number of aromatic nitrogens is 2. The normalized spacial score (nSPS) is 13.1. The van der Waals surface area contributed by atoms with E-state index in [0.29, 0.717) is 22.2 Å². The molecule has 1 atom stereocenters. The van der Waals surface area contributed by atoms with Crippen LogP contribution < -0.4 is 15.4 Å². The molecule has 0 bridgehead atoms. The van der Waals surface area contributed by atoms with Crippen molar-refractivity contribution >= 4 is 21.2 Å². The number of benzene rings is 1. The molecule has 4 N–H and O–H groups in total. The van der Waals surface area contributed by atoms with Gasteiger partial charge in [-0.05, 0) is 36.2 Å². The SMILES string of the molecule is CC(NS(N)(=O)=O)c1ccc(-c2ccnc3[nH]c(=O)ccc23)cc1F. The maximum atomic E-state index is 14.5. The van der Waals surface area contributed by atoms with Gasteiger partial charge < -0.3 is 4.98 Å². The largest absolute Gasteiger partial charge is 0.307 e. The lowest BCUT2D eigenvalue weighted by Crippen LogP contribution is -2.33. The standard InChI is InChI=1S/C16H15FN4O3S/c1-9(21-25(18,23)24)11-3-2-10(8-14(11)17)12-6-7-19-16-13(12)4-5-15(22)20-16/h2-9,21H,1H3,(H2,18,23,24)(H,19,20,22). The molecule has 0 spiro atoms. The molecule has 2 heterocycles. The van der Waals surface area contributed by atoms with Crippen LogP contribution in [-0.4, -0.2) is 18.4 Å². The predicted octanol–water partition coefficient (Wildman–Crippen LogP) is 1.58. The highest BCUT2D eigenvalue weighted by Crippen LogP contribution is 2.29. The minimum atomic E-state index is -3.94. The van der Waals surface area contributed by atoms with Crippen molar-refractivity contribution in [2.24, 2.45) is 5.14 Å². The third-order valence-corrected chi connectivity index (χ3v) is 4.43. The Hall–Kier alpha value is -2.62. The molecule has 3 rings (SSSR count). The molecule has 7 nitrogen and oxygen atoms in total. The van der Waals surface area contributed by atoms with E-state index in [0.717, 1.165) is 0 Å². The van der Waals surface area contributed by atoms with Gasteiger partial charge in [-0.15, -0.1) is 0 Å². The third kappa shape index (κ3) is 3.73. The lowest BCUT2D eigenvalue weighted by atomic mass is 9.99. The average molecular weight is 362 g/mol. The maximum Gasteiger partial charge on any atom is 0.274 e. The van der Waals surface area contributed by atoms with Gasteiger partial charge in [-0.3, -0.25) is 4.79 Å². The molecule has 0 saturated heterocycles. The van der Waals surface area contributed by atoms with Gasteiger partial charge in [0.2, 0.25) is 5.56 Å². The summed E-state index contributed by atoms with van der Waals surface area (Å²) in [5, 5.41) is 5.59. The highest BCUT2D eigenvalue weighted by Gasteiger charge is 2.16. The number of pyridine rings is 2. The van der Waals surface area contributed by atoms with Crippen LogP contribution in [0.3, 0.4) is 0 Å². The van der Waals surface area contributed by atoms with E-state index in [2.05, 4.69) is 14.7 Å². The summed E-state index contributed by atoms with van der Waals surface area (Å²) in [6, 6.07) is 8.35. The first-order valence-corrected chi connectivity index (χ1v) is 8.87. The minimum Gasteiger partial charge on any atom is -0.307 e. The number of hydrogen-bond donors (Lipinski definition) is 3. The van der Waals surface area contributed by atoms with E-state index < -0.39 is 22.1 Å². The number of halogens is 1. The van der Waals surface area contributed by atoms with Crippen LogP contribution in [0.4, 0.5) is 4.39 Å². The van der Waals surface area contributed by atoms with Crippen molar-refractivity contribution in [1.29, 1.82) is 0 Å². The molecule has 1 unspecified atom stereocenters. The second-order valence-electron chi connectivity index (χ2n) is 5.56. The lowest BCUT2D eigenvalue weighted by Gasteiger charge is -2.14. The number of aromatic amines is 1. The van der Waals surface area contributed by atoms with Crippen molar-refractivity contribution in [3.8, 4) is 11.1 Å². The Balaban J connectivity index is 2.06. The molecular formula is C16H15FN4O3S. The third-order valence-electron chi connectivity index (χ3n) is 3.75. The van der Waals surface area contributed by atoms with Crippen molar-refractivity contribution in [2.75, 3.05) is 0 Å². The molecule has 2 aromatic heterocycles. The molecule has 130 valence electrons. The Morgan fingerprint density at radius 2 is 2.00 bits per heavy atom. The summed E-state index contributed by atoms with van der Waals surface area (Å²) >= 11 is 0. The van der Waals surface area contributed by atoms with Gasteiger partial charge in [-0.1, -0.05) is 12.1 Å². The van der Waals surface area contributed by atoms with E-state index in [1.807, 2.05) is 0 Å². The van der Waals surface area contributed by atoms with E-state index in [9.17, 15) is 17.6 Å². The van der Waals surface area contributed by atoms with Gasteiger partial charge >= 0.3 is 0 Å². The van der Waals surface area contributed by atoms with E-state index in [1.54, 1.807) is 18.2 Å². The van der Waals surface area contributed by atoms with Gasteiger partial charge in [0.25, 0.3) is 10.2 Å². The lowest BCUT2D eigenvalue weighted by molar-refractivity contribution is 0.551. The number of nitrogens with zero attached hydrogens (tertiary/aromatic N) is 1. The molecule has 9 heteroatoms. The van der Waals surface area contributed by atoms with Gasteiger partial charge in [-0.25, -0.2) is 14.5 Å². The van der Waals surface area contributed by atoms with E-state index in [1.165, 1.54) is 31.3 Å². The van der Waals surface area contributed by atoms with Crippen molar-refractivity contribution in [3.63, 3.8) is 0 Å². The van der Waals surface area contributed by atoms with E-state index >= 15 is 0 Å². The summed E-state index contributed by atoms with van der Waals surface area (Å²) in [4.78, 5) is 18.1. The molecule has 0 saturated carbocycles. The monoisotopic (exact) mass is 362 g/mol. The summed E-state index contributed by atoms with van der Waals surface area (Å²) in [6.07, 6.45) is 1.52. The van der Waals surface area contributed by atoms with Gasteiger partial charge in [-0.2, -0.15) is 13.1 Å². The first-order chi connectivity index (χ1) is 11.7. The fourth-order valence-electron chi connectivity index (χ4n) is 2.67. The van der Waals surface area contributed by atoms with Crippen molar-refractivity contribution in [3.05, 3.63) is 64.3 Å². The number of nitrogens with one attached hydrogen (secondary N) is 2. The molecule has 0 radical (unpaired) electrons. The van der Waals surface area contributed by atoms with Gasteiger partial charge in [0, 0.05) is 29.3 Å². The molecular weight excluding hydrogens is 347 g/mol. The number of nitrogens with two attached hydrogens (primary N) is 1. The number of rotatable bonds is 4. The zero-order valence-corrected chi connectivity index (χ0v) is 14.0. The minimum absolute atomic E-state index is 0.171. The summed E-state index contributed by atoms with van der Waals surface area (Å²) in [6.45, 7) is 1.50. The zero-order valence-electron chi connectivity index (χ0n) is 13.2. The molecule has 25 heavy (non-hydrogen) atoms. The van der Waals surface area contributed by atoms with Crippen LogP contribution in [0, 0.1) is 5.82 Å². The summed E-state index contributed by atoms with van der Waals surface area (Å²) in [5.74, 6) is -0.574. The van der Waals surface area contributed by atoms with Gasteiger partial charge in [0.05, 0.1) is 0 Å². The van der Waals surface area contributed by atoms with Crippen LogP contribution in [-0.2, 0) is 10.2 Å². The summed E-state index contributed by atoms with van der Waals surface area (Å²) < 4.78 is 38.8. The number of hydrogen-bond acceptors (Lipinski definition) is 4. The molecule has 0 aliphatic carbocycles. The van der Waals surface area contributed by atoms with Crippen molar-refractivity contribution in [1.82, 2.24) is 14.7 Å². The van der Waals surface area contributed by atoms with Gasteiger partial charge in [0.1, 0.15) is 11.5 Å². The van der Waals surface area contributed by atoms with Crippen LogP contribution in [0.2, 0.25) is 0 Å². The Labute approximate surface area is 142 Å². The van der Waals surface area contributed by atoms with E-state index in [4.69, 9.17) is 5.14 Å². The quantitative estimate of drug-likeness (QED) is 0.653. The van der Waals surface area contributed by atoms with Crippen LogP contribution in [0.15, 0.2) is 47.4 Å². The van der Waals surface area contributed by atoms with Gasteiger partial charge in [0.15, 0.2) is 0 Å². The summed E-state index contributed by atoms with van der Waals surface area (Å²) in [7, 11) is -3.94. The fraction of sp³-hybridized carbons (Fsp3) is 0.125. The first-order valence-electron chi connectivity index (χ1n) is 7.32. The van der Waals surface area contributed by atoms with Crippen LogP contribution >= 0.6 is 0 Å². The average Bonchev–Trinajstić information content (AvgIpc) is 2.52. The molecule has 0 aliphatic rings. The first kappa shape index (κ1) is 17.2. The second kappa shape index (κ2) is 6.36. The van der Waals surface area contributed by atoms with Crippen LogP contribution in [0.5, 0.6) is 0 Å². The fourth-order valence-corrected chi connectivity index (χ4v) is 3.29. The number of fused-ring (bicyclic) bond motifs is 1. The van der Waals surface area contributed by atoms with Crippen LogP contribution in [0.1, 0.15) is 18.5 Å². The Kier molecular flexibility index (Phi) is 4.38. The van der Waals surface area contributed by atoms with Crippen molar-refractivity contribution < 1.29 is 12.8 Å². The zero-order chi connectivity index (χ0) is 18.2. The molecule has 0 aliphatic heterocycles. The Morgan fingerprint density at radius 3 is 2.68 bits per heavy atom. The Bertz CT molecular complexity index is 1110. The second-order valence-corrected chi connectivity index (χ2v) is 6.89. The van der Waals surface area contributed by atoms with Crippen molar-refractivity contribution in [2.45, 2.75) is 13.0 Å². The highest BCUT2D eigenvalue weighted by molar-refractivity contribution is 7.87. The smallest absolute Gasteiger partial charge is 0.274 e.